The lowest BCUT2D eigenvalue weighted by Gasteiger charge is -2.10. The molecule has 0 atom stereocenters. The Morgan fingerprint density at radius 3 is 3.06 bits per heavy atom. The van der Waals surface area contributed by atoms with Crippen molar-refractivity contribution in [2.24, 2.45) is 4.99 Å². The van der Waals surface area contributed by atoms with Crippen LogP contribution in [0.5, 0.6) is 5.75 Å². The van der Waals surface area contributed by atoms with Crippen LogP contribution in [0.2, 0.25) is 0 Å². The van der Waals surface area contributed by atoms with Gasteiger partial charge in [0.2, 0.25) is 0 Å². The highest BCUT2D eigenvalue weighted by atomic mass is 16.3. The van der Waals surface area contributed by atoms with Gasteiger partial charge < -0.3 is 15.7 Å². The van der Waals surface area contributed by atoms with E-state index < -0.39 is 0 Å². The van der Waals surface area contributed by atoms with Crippen LogP contribution < -0.4 is 10.6 Å². The molecule has 1 aliphatic heterocycles. The molecule has 0 aliphatic carbocycles. The average molecular weight is 247 g/mol. The van der Waals surface area contributed by atoms with Gasteiger partial charge in [0.25, 0.3) is 5.91 Å². The zero-order valence-corrected chi connectivity index (χ0v) is 10.4. The van der Waals surface area contributed by atoms with E-state index in [1.807, 2.05) is 6.92 Å². The molecular weight excluding hydrogens is 230 g/mol. The second-order valence-electron chi connectivity index (χ2n) is 4.32. The van der Waals surface area contributed by atoms with Crippen molar-refractivity contribution in [3.8, 4) is 5.75 Å². The molecule has 18 heavy (non-hydrogen) atoms. The van der Waals surface area contributed by atoms with Gasteiger partial charge in [0.05, 0.1) is 0 Å². The second kappa shape index (κ2) is 5.53. The van der Waals surface area contributed by atoms with E-state index in [1.165, 1.54) is 0 Å². The Kier molecular flexibility index (Phi) is 3.82. The summed E-state index contributed by atoms with van der Waals surface area (Å²) in [6.45, 7) is 3.29. The standard InChI is InChI=1S/C13H17N3O2/c1-9-8-10(17)4-5-11(9)16-13(18)12-14-6-2-3-7-15-12/h4-5,8,17H,2-3,6-7H2,1H3,(H,14,15)(H,16,18). The molecule has 0 saturated carbocycles. The van der Waals surface area contributed by atoms with Crippen molar-refractivity contribution < 1.29 is 9.90 Å². The van der Waals surface area contributed by atoms with Gasteiger partial charge in [-0.2, -0.15) is 0 Å². The topological polar surface area (TPSA) is 73.7 Å². The number of hydrogen-bond acceptors (Lipinski definition) is 4. The number of nitrogens with zero attached hydrogens (tertiary/aromatic N) is 1. The summed E-state index contributed by atoms with van der Waals surface area (Å²) in [5, 5.41) is 15.1. The van der Waals surface area contributed by atoms with E-state index in [0.717, 1.165) is 24.9 Å². The van der Waals surface area contributed by atoms with Crippen LogP contribution in [-0.2, 0) is 4.79 Å². The van der Waals surface area contributed by atoms with Crippen LogP contribution in [0, 0.1) is 6.92 Å². The second-order valence-corrected chi connectivity index (χ2v) is 4.32. The fraction of sp³-hybridized carbons (Fsp3) is 0.385. The number of carbonyl (C=O) groups excluding carboxylic acids is 1. The number of nitrogens with one attached hydrogen (secondary N) is 2. The molecule has 3 N–H and O–H groups in total. The van der Waals surface area contributed by atoms with Crippen LogP contribution in [-0.4, -0.2) is 29.9 Å². The number of hydrogen-bond donors (Lipinski definition) is 3. The molecule has 5 heteroatoms. The molecule has 1 heterocycles. The fourth-order valence-electron chi connectivity index (χ4n) is 1.81. The molecule has 5 nitrogen and oxygen atoms in total. The number of aliphatic imine (C=N–C) groups is 1. The zero-order valence-electron chi connectivity index (χ0n) is 10.4. The largest absolute Gasteiger partial charge is 0.508 e. The van der Waals surface area contributed by atoms with Gasteiger partial charge in [-0.1, -0.05) is 0 Å². The molecule has 0 fully saturated rings. The van der Waals surface area contributed by atoms with E-state index in [2.05, 4.69) is 15.6 Å². The number of aromatic hydroxyl groups is 1. The van der Waals surface area contributed by atoms with Crippen molar-refractivity contribution >= 4 is 17.4 Å². The van der Waals surface area contributed by atoms with Crippen LogP contribution in [0.15, 0.2) is 23.2 Å². The van der Waals surface area contributed by atoms with Gasteiger partial charge in [0, 0.05) is 18.8 Å². The summed E-state index contributed by atoms with van der Waals surface area (Å²) in [4.78, 5) is 16.2. The number of benzene rings is 1. The summed E-state index contributed by atoms with van der Waals surface area (Å²) < 4.78 is 0. The fourth-order valence-corrected chi connectivity index (χ4v) is 1.81. The molecule has 0 radical (unpaired) electrons. The summed E-state index contributed by atoms with van der Waals surface area (Å²) in [5.74, 6) is 0.348. The first-order chi connectivity index (χ1) is 8.66. The summed E-state index contributed by atoms with van der Waals surface area (Å²) in [6, 6.07) is 4.84. The lowest BCUT2D eigenvalue weighted by atomic mass is 10.2. The quantitative estimate of drug-likeness (QED) is 0.692. The van der Waals surface area contributed by atoms with Crippen LogP contribution in [0.4, 0.5) is 5.69 Å². The highest BCUT2D eigenvalue weighted by molar-refractivity contribution is 6.42. The highest BCUT2D eigenvalue weighted by Gasteiger charge is 2.13. The third-order valence-electron chi connectivity index (χ3n) is 2.82. The van der Waals surface area contributed by atoms with E-state index in [1.54, 1.807) is 18.2 Å². The summed E-state index contributed by atoms with van der Waals surface area (Å²) >= 11 is 0. The highest BCUT2D eigenvalue weighted by Crippen LogP contribution is 2.19. The molecule has 2 rings (SSSR count). The molecule has 1 aliphatic rings. The molecule has 0 spiro atoms. The van der Waals surface area contributed by atoms with Crippen LogP contribution in [0.1, 0.15) is 18.4 Å². The SMILES string of the molecule is Cc1cc(O)ccc1NC(=O)C1=NCCCCN1. The number of rotatable bonds is 2. The first-order valence-corrected chi connectivity index (χ1v) is 6.06. The van der Waals surface area contributed by atoms with Crippen molar-refractivity contribution in [1.82, 2.24) is 5.32 Å². The normalized spacial score (nSPS) is 15.3. The number of amides is 1. The monoisotopic (exact) mass is 247 g/mol. The predicted molar refractivity (Wildman–Crippen MR) is 71.0 cm³/mol. The van der Waals surface area contributed by atoms with Crippen LogP contribution >= 0.6 is 0 Å². The van der Waals surface area contributed by atoms with E-state index in [9.17, 15) is 9.90 Å². The molecule has 0 unspecified atom stereocenters. The van der Waals surface area contributed by atoms with Gasteiger partial charge in [-0.05, 0) is 43.5 Å². The molecule has 0 aromatic heterocycles. The molecule has 0 bridgehead atoms. The van der Waals surface area contributed by atoms with E-state index in [0.29, 0.717) is 18.1 Å². The Morgan fingerprint density at radius 2 is 2.28 bits per heavy atom. The lowest BCUT2D eigenvalue weighted by Crippen LogP contribution is -2.35. The minimum Gasteiger partial charge on any atom is -0.508 e. The first kappa shape index (κ1) is 12.4. The summed E-state index contributed by atoms with van der Waals surface area (Å²) in [7, 11) is 0. The Labute approximate surface area is 106 Å². The van der Waals surface area contributed by atoms with Crippen LogP contribution in [0.3, 0.4) is 0 Å². The number of phenolic OH excluding ortho intramolecular Hbond substituents is 1. The minimum atomic E-state index is -0.231. The smallest absolute Gasteiger partial charge is 0.290 e. The van der Waals surface area contributed by atoms with Gasteiger partial charge in [0.1, 0.15) is 5.75 Å². The van der Waals surface area contributed by atoms with Gasteiger partial charge in [-0.3, -0.25) is 9.79 Å². The third-order valence-corrected chi connectivity index (χ3v) is 2.82. The molecular formula is C13H17N3O2. The maximum atomic E-state index is 12.0. The Bertz CT molecular complexity index is 483. The molecule has 96 valence electrons. The van der Waals surface area contributed by atoms with Gasteiger partial charge in [0.15, 0.2) is 5.84 Å². The maximum absolute atomic E-state index is 12.0. The Balaban J connectivity index is 2.08. The number of amidine groups is 1. The number of phenols is 1. The van der Waals surface area contributed by atoms with E-state index in [-0.39, 0.29) is 11.7 Å². The molecule has 1 aromatic carbocycles. The molecule has 1 aromatic rings. The van der Waals surface area contributed by atoms with Crippen molar-refractivity contribution in [3.63, 3.8) is 0 Å². The molecule has 1 amide bonds. The average Bonchev–Trinajstić information content (AvgIpc) is 2.61. The van der Waals surface area contributed by atoms with Crippen molar-refractivity contribution in [3.05, 3.63) is 23.8 Å². The third kappa shape index (κ3) is 3.00. The lowest BCUT2D eigenvalue weighted by molar-refractivity contribution is -0.110. The first-order valence-electron chi connectivity index (χ1n) is 6.06. The van der Waals surface area contributed by atoms with Gasteiger partial charge in [-0.25, -0.2) is 0 Å². The van der Waals surface area contributed by atoms with Crippen molar-refractivity contribution in [2.75, 3.05) is 18.4 Å². The number of carbonyl (C=O) groups is 1. The zero-order chi connectivity index (χ0) is 13.0. The Morgan fingerprint density at radius 1 is 1.44 bits per heavy atom. The van der Waals surface area contributed by atoms with Crippen molar-refractivity contribution in [2.45, 2.75) is 19.8 Å². The Hall–Kier alpha value is -2.04. The predicted octanol–water partition coefficient (Wildman–Crippen LogP) is 1.42. The van der Waals surface area contributed by atoms with Crippen molar-refractivity contribution in [1.29, 1.82) is 0 Å². The number of aryl methyl sites for hydroxylation is 1. The minimum absolute atomic E-state index is 0.190. The number of anilines is 1. The van der Waals surface area contributed by atoms with Gasteiger partial charge in [-0.15, -0.1) is 0 Å². The van der Waals surface area contributed by atoms with Crippen LogP contribution in [0.25, 0.3) is 0 Å². The van der Waals surface area contributed by atoms with Gasteiger partial charge >= 0.3 is 0 Å². The molecule has 0 saturated heterocycles. The summed E-state index contributed by atoms with van der Waals surface area (Å²) in [5.41, 5.74) is 1.50. The van der Waals surface area contributed by atoms with E-state index in [4.69, 9.17) is 0 Å². The van der Waals surface area contributed by atoms with E-state index >= 15 is 0 Å². The summed E-state index contributed by atoms with van der Waals surface area (Å²) in [6.07, 6.45) is 2.03. The maximum Gasteiger partial charge on any atom is 0.290 e.